The van der Waals surface area contributed by atoms with Crippen LogP contribution in [-0.4, -0.2) is 8.42 Å². The first kappa shape index (κ1) is 15.5. The van der Waals surface area contributed by atoms with Crippen molar-refractivity contribution in [1.29, 1.82) is 0 Å². The molecule has 0 amide bonds. The molecule has 0 spiro atoms. The topological polar surface area (TPSA) is 72.2 Å². The summed E-state index contributed by atoms with van der Waals surface area (Å²) in [6.07, 6.45) is 0.745. The number of benzene rings is 2. The maximum absolute atomic E-state index is 12.8. The first-order valence-corrected chi connectivity index (χ1v) is 8.03. The SMILES string of the molecule is CCc1ccc(S(=O)(=O)NCc2ccc(F)cc2)cc1N. The fourth-order valence-electron chi connectivity index (χ4n) is 1.93. The lowest BCUT2D eigenvalue weighted by atomic mass is 10.1. The summed E-state index contributed by atoms with van der Waals surface area (Å²) in [7, 11) is -3.64. The van der Waals surface area contributed by atoms with Gasteiger partial charge in [-0.1, -0.05) is 25.1 Å². The van der Waals surface area contributed by atoms with E-state index in [-0.39, 0.29) is 17.3 Å². The molecule has 0 unspecified atom stereocenters. The average molecular weight is 308 g/mol. The van der Waals surface area contributed by atoms with Crippen molar-refractivity contribution in [3.05, 3.63) is 59.4 Å². The highest BCUT2D eigenvalue weighted by atomic mass is 32.2. The van der Waals surface area contributed by atoms with Gasteiger partial charge in [0.25, 0.3) is 0 Å². The number of anilines is 1. The highest BCUT2D eigenvalue weighted by Gasteiger charge is 2.14. The molecule has 3 N–H and O–H groups in total. The Labute approximate surface area is 123 Å². The lowest BCUT2D eigenvalue weighted by Crippen LogP contribution is -2.23. The maximum atomic E-state index is 12.8. The highest BCUT2D eigenvalue weighted by molar-refractivity contribution is 7.89. The molecule has 0 aromatic heterocycles. The second-order valence-corrected chi connectivity index (χ2v) is 6.43. The molecule has 0 aliphatic carbocycles. The van der Waals surface area contributed by atoms with Crippen molar-refractivity contribution in [1.82, 2.24) is 4.72 Å². The van der Waals surface area contributed by atoms with Gasteiger partial charge in [0.1, 0.15) is 5.82 Å². The summed E-state index contributed by atoms with van der Waals surface area (Å²) in [5.41, 5.74) is 7.87. The third-order valence-corrected chi connectivity index (χ3v) is 4.59. The zero-order valence-corrected chi connectivity index (χ0v) is 12.5. The second-order valence-electron chi connectivity index (χ2n) is 4.67. The van der Waals surface area contributed by atoms with E-state index in [4.69, 9.17) is 5.73 Å². The van der Waals surface area contributed by atoms with Gasteiger partial charge in [-0.2, -0.15) is 0 Å². The molecule has 2 aromatic rings. The van der Waals surface area contributed by atoms with Crippen LogP contribution in [0.15, 0.2) is 47.4 Å². The highest BCUT2D eigenvalue weighted by Crippen LogP contribution is 2.18. The number of sulfonamides is 1. The lowest BCUT2D eigenvalue weighted by Gasteiger charge is -2.09. The Hall–Kier alpha value is -1.92. The van der Waals surface area contributed by atoms with Crippen molar-refractivity contribution in [3.8, 4) is 0 Å². The summed E-state index contributed by atoms with van der Waals surface area (Å²) in [4.78, 5) is 0.124. The van der Waals surface area contributed by atoms with Gasteiger partial charge in [-0.05, 0) is 41.8 Å². The number of halogens is 1. The number of nitrogens with two attached hydrogens (primary N) is 1. The number of hydrogen-bond donors (Lipinski definition) is 2. The maximum Gasteiger partial charge on any atom is 0.240 e. The summed E-state index contributed by atoms with van der Waals surface area (Å²) in [5, 5.41) is 0. The number of nitrogens with one attached hydrogen (secondary N) is 1. The van der Waals surface area contributed by atoms with Crippen molar-refractivity contribution in [3.63, 3.8) is 0 Å². The minimum Gasteiger partial charge on any atom is -0.398 e. The molecule has 0 saturated carbocycles. The van der Waals surface area contributed by atoms with Crippen LogP contribution in [0.5, 0.6) is 0 Å². The van der Waals surface area contributed by atoms with Crippen molar-refractivity contribution in [2.45, 2.75) is 24.8 Å². The molecule has 2 rings (SSSR count). The van der Waals surface area contributed by atoms with E-state index in [2.05, 4.69) is 4.72 Å². The van der Waals surface area contributed by atoms with E-state index in [1.54, 1.807) is 6.07 Å². The third kappa shape index (κ3) is 3.80. The monoisotopic (exact) mass is 308 g/mol. The summed E-state index contributed by atoms with van der Waals surface area (Å²) in [5.74, 6) is -0.357. The van der Waals surface area contributed by atoms with Crippen LogP contribution in [0.3, 0.4) is 0 Å². The summed E-state index contributed by atoms with van der Waals surface area (Å²) < 4.78 is 39.6. The molecular formula is C15H17FN2O2S. The Kier molecular flexibility index (Phi) is 4.59. The van der Waals surface area contributed by atoms with E-state index < -0.39 is 10.0 Å². The number of nitrogen functional groups attached to an aromatic ring is 1. The fraction of sp³-hybridized carbons (Fsp3) is 0.200. The quantitative estimate of drug-likeness (QED) is 0.833. The molecule has 0 radical (unpaired) electrons. The zero-order valence-electron chi connectivity index (χ0n) is 11.6. The summed E-state index contributed by atoms with van der Waals surface area (Å²) in [6.45, 7) is 2.05. The zero-order chi connectivity index (χ0) is 15.5. The normalized spacial score (nSPS) is 11.5. The van der Waals surface area contributed by atoms with Gasteiger partial charge in [-0.25, -0.2) is 17.5 Å². The van der Waals surface area contributed by atoms with Gasteiger partial charge in [0, 0.05) is 12.2 Å². The van der Waals surface area contributed by atoms with Crippen LogP contribution in [0.2, 0.25) is 0 Å². The Morgan fingerprint density at radius 2 is 1.81 bits per heavy atom. The summed E-state index contributed by atoms with van der Waals surface area (Å²) >= 11 is 0. The van der Waals surface area contributed by atoms with E-state index in [9.17, 15) is 12.8 Å². The Morgan fingerprint density at radius 3 is 2.38 bits per heavy atom. The number of hydrogen-bond acceptors (Lipinski definition) is 3. The average Bonchev–Trinajstić information content (AvgIpc) is 2.46. The van der Waals surface area contributed by atoms with Gasteiger partial charge in [-0.3, -0.25) is 0 Å². The van der Waals surface area contributed by atoms with Crippen LogP contribution in [0, 0.1) is 5.82 Å². The molecule has 0 aliphatic rings. The standard InChI is InChI=1S/C15H17FN2O2S/c1-2-12-5-8-14(9-15(12)17)21(19,20)18-10-11-3-6-13(16)7-4-11/h3-9,18H,2,10,17H2,1H3. The first-order valence-electron chi connectivity index (χ1n) is 6.55. The van der Waals surface area contributed by atoms with E-state index in [0.29, 0.717) is 11.3 Å². The van der Waals surface area contributed by atoms with E-state index >= 15 is 0 Å². The molecule has 0 fully saturated rings. The molecule has 21 heavy (non-hydrogen) atoms. The van der Waals surface area contributed by atoms with Gasteiger partial charge in [0.15, 0.2) is 0 Å². The van der Waals surface area contributed by atoms with Gasteiger partial charge in [0.2, 0.25) is 10.0 Å². The van der Waals surface area contributed by atoms with Crippen LogP contribution in [-0.2, 0) is 23.0 Å². The molecule has 0 aliphatic heterocycles. The molecule has 0 bridgehead atoms. The Bertz CT molecular complexity index is 728. The van der Waals surface area contributed by atoms with Gasteiger partial charge >= 0.3 is 0 Å². The van der Waals surface area contributed by atoms with E-state index in [1.165, 1.54) is 36.4 Å². The van der Waals surface area contributed by atoms with Crippen molar-refractivity contribution in [2.75, 3.05) is 5.73 Å². The second kappa shape index (κ2) is 6.24. The Morgan fingerprint density at radius 1 is 1.14 bits per heavy atom. The minimum absolute atomic E-state index is 0.0953. The molecule has 112 valence electrons. The van der Waals surface area contributed by atoms with Gasteiger partial charge in [0.05, 0.1) is 4.90 Å². The van der Waals surface area contributed by atoms with Crippen LogP contribution < -0.4 is 10.5 Å². The molecule has 4 nitrogen and oxygen atoms in total. The molecule has 6 heteroatoms. The largest absolute Gasteiger partial charge is 0.398 e. The molecule has 2 aromatic carbocycles. The van der Waals surface area contributed by atoms with Crippen molar-refractivity contribution >= 4 is 15.7 Å². The predicted molar refractivity (Wildman–Crippen MR) is 80.7 cm³/mol. The summed E-state index contributed by atoms with van der Waals surface area (Å²) in [6, 6.07) is 10.3. The molecular weight excluding hydrogens is 291 g/mol. The van der Waals surface area contributed by atoms with E-state index in [0.717, 1.165) is 12.0 Å². The van der Waals surface area contributed by atoms with Crippen LogP contribution in [0.4, 0.5) is 10.1 Å². The predicted octanol–water partition coefficient (Wildman–Crippen LogP) is 2.45. The van der Waals surface area contributed by atoms with Crippen molar-refractivity contribution < 1.29 is 12.8 Å². The minimum atomic E-state index is -3.64. The molecule has 0 saturated heterocycles. The van der Waals surface area contributed by atoms with Crippen LogP contribution in [0.1, 0.15) is 18.1 Å². The van der Waals surface area contributed by atoms with Gasteiger partial charge < -0.3 is 5.73 Å². The smallest absolute Gasteiger partial charge is 0.240 e. The van der Waals surface area contributed by atoms with Crippen LogP contribution in [0.25, 0.3) is 0 Å². The molecule has 0 heterocycles. The lowest BCUT2D eigenvalue weighted by molar-refractivity contribution is 0.581. The molecule has 0 atom stereocenters. The Balaban J connectivity index is 2.14. The van der Waals surface area contributed by atoms with E-state index in [1.807, 2.05) is 6.92 Å². The number of rotatable bonds is 5. The first-order chi connectivity index (χ1) is 9.92. The fourth-order valence-corrected chi connectivity index (χ4v) is 2.98. The number of aryl methyl sites for hydroxylation is 1. The van der Waals surface area contributed by atoms with Crippen molar-refractivity contribution in [2.24, 2.45) is 0 Å². The van der Waals surface area contributed by atoms with Crippen LogP contribution >= 0.6 is 0 Å². The third-order valence-electron chi connectivity index (χ3n) is 3.19. The van der Waals surface area contributed by atoms with Gasteiger partial charge in [-0.15, -0.1) is 0 Å².